The average Bonchev–Trinajstić information content (AvgIpc) is 2.38. The Bertz CT molecular complexity index is 272. The van der Waals surface area contributed by atoms with Crippen molar-refractivity contribution >= 4 is 11.8 Å². The van der Waals surface area contributed by atoms with Crippen molar-refractivity contribution in [2.24, 2.45) is 5.41 Å². The van der Waals surface area contributed by atoms with Crippen LogP contribution in [0.1, 0.15) is 40.0 Å². The molecule has 2 fully saturated rings. The third kappa shape index (κ3) is 4.90. The van der Waals surface area contributed by atoms with E-state index in [9.17, 15) is 0 Å². The molecule has 0 aromatic heterocycles. The van der Waals surface area contributed by atoms with E-state index in [1.165, 1.54) is 38.9 Å². The summed E-state index contributed by atoms with van der Waals surface area (Å²) in [5.74, 6) is 0. The molecule has 2 heterocycles. The molecule has 0 amide bonds. The first kappa shape index (κ1) is 16.6. The molecule has 118 valence electrons. The van der Waals surface area contributed by atoms with Crippen LogP contribution in [0.2, 0.25) is 0 Å². The Hall–Kier alpha value is 0.230. The van der Waals surface area contributed by atoms with E-state index in [1.54, 1.807) is 0 Å². The van der Waals surface area contributed by atoms with Crippen LogP contribution in [0.25, 0.3) is 0 Å². The van der Waals surface area contributed by atoms with Gasteiger partial charge in [0, 0.05) is 48.7 Å². The predicted molar refractivity (Wildman–Crippen MR) is 88.6 cm³/mol. The van der Waals surface area contributed by atoms with E-state index in [4.69, 9.17) is 4.74 Å². The van der Waals surface area contributed by atoms with Gasteiger partial charge in [-0.2, -0.15) is 11.8 Å². The van der Waals surface area contributed by atoms with Gasteiger partial charge in [0.25, 0.3) is 0 Å². The van der Waals surface area contributed by atoms with Gasteiger partial charge >= 0.3 is 0 Å². The Labute approximate surface area is 129 Å². The summed E-state index contributed by atoms with van der Waals surface area (Å²) in [6.45, 7) is 14.8. The maximum atomic E-state index is 5.84. The molecule has 0 aromatic rings. The molecule has 0 spiro atoms. The molecule has 2 aliphatic heterocycles. The second kappa shape index (κ2) is 8.02. The maximum absolute atomic E-state index is 5.84. The van der Waals surface area contributed by atoms with Crippen molar-refractivity contribution in [3.63, 3.8) is 0 Å². The monoisotopic (exact) mass is 300 g/mol. The van der Waals surface area contributed by atoms with E-state index >= 15 is 0 Å². The average molecular weight is 301 g/mol. The summed E-state index contributed by atoms with van der Waals surface area (Å²) in [6, 6.07) is 0. The number of ether oxygens (including phenoxy) is 1. The van der Waals surface area contributed by atoms with Gasteiger partial charge in [-0.25, -0.2) is 0 Å². The molecule has 0 saturated carbocycles. The summed E-state index contributed by atoms with van der Waals surface area (Å²) in [5.41, 5.74) is 0.342. The normalized spacial score (nSPS) is 36.1. The molecule has 0 aromatic carbocycles. The highest BCUT2D eigenvalue weighted by Gasteiger charge is 2.36. The van der Waals surface area contributed by atoms with Crippen molar-refractivity contribution in [2.45, 2.75) is 50.5 Å². The summed E-state index contributed by atoms with van der Waals surface area (Å²) in [4.78, 5) is 2.69. The topological polar surface area (TPSA) is 24.5 Å². The minimum Gasteiger partial charge on any atom is -0.381 e. The Morgan fingerprint density at radius 3 is 2.65 bits per heavy atom. The van der Waals surface area contributed by atoms with Crippen molar-refractivity contribution in [3.05, 3.63) is 0 Å². The molecule has 0 radical (unpaired) electrons. The van der Waals surface area contributed by atoms with Gasteiger partial charge in [-0.05, 0) is 25.8 Å². The van der Waals surface area contributed by atoms with Crippen molar-refractivity contribution in [2.75, 3.05) is 45.9 Å². The first-order valence-corrected chi connectivity index (χ1v) is 9.24. The summed E-state index contributed by atoms with van der Waals surface area (Å²) in [6.07, 6.45) is 3.75. The van der Waals surface area contributed by atoms with Gasteiger partial charge in [-0.15, -0.1) is 0 Å². The highest BCUT2D eigenvalue weighted by atomic mass is 32.2. The van der Waals surface area contributed by atoms with E-state index < -0.39 is 0 Å². The molecule has 4 heteroatoms. The van der Waals surface area contributed by atoms with Gasteiger partial charge in [0.2, 0.25) is 0 Å². The maximum Gasteiger partial charge on any atom is 0.0546 e. The number of thioether (sulfide) groups is 1. The Balaban J connectivity index is 1.92. The minimum absolute atomic E-state index is 0.342. The van der Waals surface area contributed by atoms with Gasteiger partial charge in [0.1, 0.15) is 0 Å². The molecule has 3 nitrogen and oxygen atoms in total. The van der Waals surface area contributed by atoms with Crippen LogP contribution in [-0.4, -0.2) is 61.3 Å². The fraction of sp³-hybridized carbons (Fsp3) is 1.00. The second-order valence-electron chi connectivity index (χ2n) is 6.78. The molecule has 20 heavy (non-hydrogen) atoms. The molecule has 2 saturated heterocycles. The lowest BCUT2D eigenvalue weighted by Crippen LogP contribution is -2.52. The Morgan fingerprint density at radius 1 is 1.30 bits per heavy atom. The lowest BCUT2D eigenvalue weighted by Gasteiger charge is -2.44. The second-order valence-corrected chi connectivity index (χ2v) is 8.67. The molecule has 2 aliphatic rings. The molecular formula is C16H32N2OS. The van der Waals surface area contributed by atoms with Gasteiger partial charge in [-0.1, -0.05) is 20.8 Å². The Morgan fingerprint density at radius 2 is 2.05 bits per heavy atom. The zero-order chi connectivity index (χ0) is 14.4. The molecule has 3 atom stereocenters. The standard InChI is InChI=1S/C16H32N2OS/c1-4-7-17-11-16(6-5-8-19-13-16)12-18-9-14(2)20-15(3)10-18/h14-15,17H,4-13H2,1-3H3. The van der Waals surface area contributed by atoms with Gasteiger partial charge < -0.3 is 15.0 Å². The van der Waals surface area contributed by atoms with Crippen LogP contribution in [0, 0.1) is 5.41 Å². The summed E-state index contributed by atoms with van der Waals surface area (Å²) in [7, 11) is 0. The van der Waals surface area contributed by atoms with Crippen LogP contribution in [0.4, 0.5) is 0 Å². The van der Waals surface area contributed by atoms with Crippen molar-refractivity contribution in [1.82, 2.24) is 10.2 Å². The van der Waals surface area contributed by atoms with Gasteiger partial charge in [0.15, 0.2) is 0 Å². The van der Waals surface area contributed by atoms with E-state index in [0.29, 0.717) is 5.41 Å². The van der Waals surface area contributed by atoms with E-state index in [2.05, 4.69) is 42.7 Å². The van der Waals surface area contributed by atoms with Crippen LogP contribution < -0.4 is 5.32 Å². The van der Waals surface area contributed by atoms with E-state index in [-0.39, 0.29) is 0 Å². The lowest BCUT2D eigenvalue weighted by atomic mass is 9.81. The minimum atomic E-state index is 0.342. The fourth-order valence-corrected chi connectivity index (χ4v) is 5.04. The summed E-state index contributed by atoms with van der Waals surface area (Å²) >= 11 is 2.14. The quantitative estimate of drug-likeness (QED) is 0.762. The lowest BCUT2D eigenvalue weighted by molar-refractivity contribution is -0.0263. The highest BCUT2D eigenvalue weighted by molar-refractivity contribution is 8.00. The highest BCUT2D eigenvalue weighted by Crippen LogP contribution is 2.32. The van der Waals surface area contributed by atoms with Crippen LogP contribution in [0.3, 0.4) is 0 Å². The van der Waals surface area contributed by atoms with Crippen LogP contribution in [0.15, 0.2) is 0 Å². The zero-order valence-electron chi connectivity index (χ0n) is 13.5. The van der Waals surface area contributed by atoms with Crippen LogP contribution >= 0.6 is 11.8 Å². The van der Waals surface area contributed by atoms with Gasteiger partial charge in [0.05, 0.1) is 6.61 Å². The first-order chi connectivity index (χ1) is 9.63. The van der Waals surface area contributed by atoms with Crippen LogP contribution in [-0.2, 0) is 4.74 Å². The third-order valence-electron chi connectivity index (χ3n) is 4.39. The zero-order valence-corrected chi connectivity index (χ0v) is 14.3. The van der Waals surface area contributed by atoms with Crippen molar-refractivity contribution in [3.8, 4) is 0 Å². The smallest absolute Gasteiger partial charge is 0.0546 e. The van der Waals surface area contributed by atoms with Gasteiger partial charge in [-0.3, -0.25) is 0 Å². The largest absolute Gasteiger partial charge is 0.381 e. The first-order valence-electron chi connectivity index (χ1n) is 8.30. The molecule has 0 aliphatic carbocycles. The Kier molecular flexibility index (Phi) is 6.66. The van der Waals surface area contributed by atoms with E-state index in [1.807, 2.05) is 0 Å². The summed E-state index contributed by atoms with van der Waals surface area (Å²) in [5, 5.41) is 5.18. The molecular weight excluding hydrogens is 268 g/mol. The SMILES string of the molecule is CCCNCC1(CN2CC(C)SC(C)C2)CCCOC1. The van der Waals surface area contributed by atoms with Crippen molar-refractivity contribution in [1.29, 1.82) is 0 Å². The summed E-state index contributed by atoms with van der Waals surface area (Å²) < 4.78 is 5.84. The number of hydrogen-bond acceptors (Lipinski definition) is 4. The third-order valence-corrected chi connectivity index (χ3v) is 5.61. The number of nitrogens with one attached hydrogen (secondary N) is 1. The molecule has 2 rings (SSSR count). The number of nitrogens with zero attached hydrogens (tertiary/aromatic N) is 1. The molecule has 1 N–H and O–H groups in total. The number of hydrogen-bond donors (Lipinski definition) is 1. The van der Waals surface area contributed by atoms with Crippen molar-refractivity contribution < 1.29 is 4.74 Å². The van der Waals surface area contributed by atoms with E-state index in [0.717, 1.165) is 36.8 Å². The van der Waals surface area contributed by atoms with Crippen LogP contribution in [0.5, 0.6) is 0 Å². The number of rotatable bonds is 6. The molecule has 0 bridgehead atoms. The fourth-order valence-electron chi connectivity index (χ4n) is 3.65. The predicted octanol–water partition coefficient (Wildman–Crippen LogP) is 2.61. The molecule has 3 unspecified atom stereocenters.